The van der Waals surface area contributed by atoms with Gasteiger partial charge in [-0.1, -0.05) is 25.0 Å². The van der Waals surface area contributed by atoms with Gasteiger partial charge in [0, 0.05) is 12.5 Å². The van der Waals surface area contributed by atoms with Gasteiger partial charge in [-0.05, 0) is 72.1 Å². The van der Waals surface area contributed by atoms with E-state index in [0.29, 0.717) is 51.5 Å². The first kappa shape index (κ1) is 30.8. The lowest BCUT2D eigenvalue weighted by atomic mass is 10.0. The fraction of sp³-hybridized carbons (Fsp3) is 0.741. The summed E-state index contributed by atoms with van der Waals surface area (Å²) in [5.74, 6) is -2.28. The third-order valence-electron chi connectivity index (χ3n) is 7.85. The van der Waals surface area contributed by atoms with E-state index < -0.39 is 68.7 Å². The molecule has 4 rings (SSSR count). The number of allylic oxidation sites excluding steroid dienone is 1. The molecule has 0 aromatic rings. The van der Waals surface area contributed by atoms with E-state index in [9.17, 15) is 32.9 Å². The molecule has 2 aliphatic heterocycles. The fourth-order valence-electron chi connectivity index (χ4n) is 5.40. The Morgan fingerprint density at radius 1 is 1.15 bits per heavy atom. The maximum absolute atomic E-state index is 13.6. The normalized spacial score (nSPS) is 29.9. The van der Waals surface area contributed by atoms with Crippen molar-refractivity contribution in [2.75, 3.05) is 6.54 Å². The number of carbonyl (C=O) groups is 4. The van der Waals surface area contributed by atoms with Crippen molar-refractivity contribution >= 4 is 34.0 Å². The number of hydrogen-bond acceptors (Lipinski definition) is 8. The number of rotatable bonds is 5. The summed E-state index contributed by atoms with van der Waals surface area (Å²) in [6, 6.07) is 0.153. The maximum atomic E-state index is 13.6. The molecule has 4 aliphatic rings. The molecular formula is C27H40N6O7S. The minimum absolute atomic E-state index is 0.198. The second kappa shape index (κ2) is 11.6. The average Bonchev–Trinajstić information content (AvgIpc) is 3.72. The van der Waals surface area contributed by atoms with E-state index in [1.807, 2.05) is 22.9 Å². The van der Waals surface area contributed by atoms with E-state index in [-0.39, 0.29) is 6.42 Å². The van der Waals surface area contributed by atoms with Crippen molar-refractivity contribution in [3.8, 4) is 6.07 Å². The number of nitriles is 1. The van der Waals surface area contributed by atoms with Crippen molar-refractivity contribution < 1.29 is 32.3 Å². The van der Waals surface area contributed by atoms with Gasteiger partial charge in [0.15, 0.2) is 0 Å². The van der Waals surface area contributed by atoms with E-state index in [0.717, 1.165) is 12.8 Å². The summed E-state index contributed by atoms with van der Waals surface area (Å²) in [4.78, 5) is 54.5. The highest BCUT2D eigenvalue weighted by Gasteiger charge is 2.61. The lowest BCUT2D eigenvalue weighted by Gasteiger charge is -2.30. The van der Waals surface area contributed by atoms with E-state index in [4.69, 9.17) is 4.74 Å². The van der Waals surface area contributed by atoms with Crippen molar-refractivity contribution in [1.29, 1.82) is 5.26 Å². The van der Waals surface area contributed by atoms with Gasteiger partial charge in [0.05, 0.1) is 6.07 Å². The van der Waals surface area contributed by atoms with E-state index in [1.54, 1.807) is 20.8 Å². The Morgan fingerprint density at radius 3 is 2.54 bits per heavy atom. The van der Waals surface area contributed by atoms with Gasteiger partial charge in [-0.15, -0.1) is 0 Å². The number of carbonyl (C=O) groups excluding carboxylic acids is 4. The third-order valence-corrected chi connectivity index (χ3v) is 8.96. The lowest BCUT2D eigenvalue weighted by molar-refractivity contribution is -0.141. The number of amides is 4. The van der Waals surface area contributed by atoms with Crippen LogP contribution >= 0.6 is 0 Å². The zero-order valence-corrected chi connectivity index (χ0v) is 24.6. The van der Waals surface area contributed by atoms with Crippen LogP contribution in [-0.2, 0) is 29.3 Å². The molecule has 0 spiro atoms. The second-order valence-corrected chi connectivity index (χ2v) is 13.9. The molecule has 2 aliphatic carbocycles. The highest BCUT2D eigenvalue weighted by atomic mass is 32.2. The Bertz CT molecular complexity index is 1250. The molecular weight excluding hydrogens is 552 g/mol. The van der Waals surface area contributed by atoms with Gasteiger partial charge in [-0.25, -0.2) is 9.52 Å². The Kier molecular flexibility index (Phi) is 8.71. The van der Waals surface area contributed by atoms with Gasteiger partial charge >= 0.3 is 16.3 Å². The van der Waals surface area contributed by atoms with Crippen LogP contribution in [0.1, 0.15) is 85.0 Å². The second-order valence-electron chi connectivity index (χ2n) is 12.5. The smallest absolute Gasteiger partial charge is 0.408 e. The quantitative estimate of drug-likeness (QED) is 0.344. The Balaban J connectivity index is 1.53. The molecule has 13 nitrogen and oxygen atoms in total. The van der Waals surface area contributed by atoms with E-state index >= 15 is 0 Å². The monoisotopic (exact) mass is 592 g/mol. The van der Waals surface area contributed by atoms with E-state index in [1.165, 1.54) is 4.90 Å². The van der Waals surface area contributed by atoms with Crippen LogP contribution in [0.15, 0.2) is 12.2 Å². The summed E-state index contributed by atoms with van der Waals surface area (Å²) >= 11 is 0. The van der Waals surface area contributed by atoms with Crippen LogP contribution in [0.2, 0.25) is 0 Å². The SMILES string of the molecule is CC(C)(C)OC(=O)N[C@H]1CCCCCC=C[C@@H]2C[C@@]2(C(=O)NS(=O)(=O)NC2(C#N)CC2)NC(=O)[C@@H]2CCCN2C1=O. The summed E-state index contributed by atoms with van der Waals surface area (Å²) in [5.41, 5.74) is -3.47. The molecule has 14 heteroatoms. The van der Waals surface area contributed by atoms with Gasteiger partial charge in [0.25, 0.3) is 5.91 Å². The molecule has 41 heavy (non-hydrogen) atoms. The first-order chi connectivity index (χ1) is 19.2. The summed E-state index contributed by atoms with van der Waals surface area (Å²) < 4.78 is 34.9. The highest BCUT2D eigenvalue weighted by Crippen LogP contribution is 2.46. The summed E-state index contributed by atoms with van der Waals surface area (Å²) in [7, 11) is -4.35. The predicted molar refractivity (Wildman–Crippen MR) is 147 cm³/mol. The standard InChI is InChI=1S/C27H40N6O7S/c1-25(2,3)40-24(37)29-19-11-8-6-4-5-7-10-18-16-27(18,30-21(34)20-12-9-15-33(20)22(19)35)23(36)31-41(38,39)32-26(17-28)13-14-26/h7,10,18-20,32H,4-6,8-9,11-16H2,1-3H3,(H,29,37)(H,30,34)(H,31,36)/t18-,19+,20+,27-/m1/s1. The van der Waals surface area contributed by atoms with Crippen molar-refractivity contribution in [2.24, 2.45) is 5.92 Å². The largest absolute Gasteiger partial charge is 0.444 e. The first-order valence-corrected chi connectivity index (χ1v) is 15.7. The number of ether oxygens (including phenoxy) is 1. The Hall–Kier alpha value is -3.18. The van der Waals surface area contributed by atoms with Crippen LogP contribution in [-0.4, -0.2) is 72.4 Å². The molecule has 1 saturated heterocycles. The van der Waals surface area contributed by atoms with Gasteiger partial charge in [0.2, 0.25) is 11.8 Å². The molecule has 4 N–H and O–H groups in total. The molecule has 2 saturated carbocycles. The molecule has 0 radical (unpaired) electrons. The molecule has 0 unspecified atom stereocenters. The van der Waals surface area contributed by atoms with Crippen LogP contribution in [0.5, 0.6) is 0 Å². The van der Waals surface area contributed by atoms with Gasteiger partial charge in [-0.3, -0.25) is 14.4 Å². The van der Waals surface area contributed by atoms with Crippen molar-refractivity contribution in [3.05, 3.63) is 12.2 Å². The topological polar surface area (TPSA) is 187 Å². The summed E-state index contributed by atoms with van der Waals surface area (Å²) in [6.45, 7) is 5.49. The van der Waals surface area contributed by atoms with Gasteiger partial charge in [-0.2, -0.15) is 18.4 Å². The number of nitrogens with zero attached hydrogens (tertiary/aromatic N) is 2. The van der Waals surface area contributed by atoms with E-state index in [2.05, 4.69) is 15.4 Å². The lowest BCUT2D eigenvalue weighted by Crippen LogP contribution is -2.59. The van der Waals surface area contributed by atoms with Gasteiger partial charge < -0.3 is 20.3 Å². The molecule has 226 valence electrons. The number of alkyl carbamates (subject to hydrolysis) is 1. The van der Waals surface area contributed by atoms with Crippen molar-refractivity contribution in [3.63, 3.8) is 0 Å². The van der Waals surface area contributed by atoms with Crippen LogP contribution in [0, 0.1) is 17.2 Å². The third kappa shape index (κ3) is 7.56. The summed E-state index contributed by atoms with van der Waals surface area (Å²) in [5, 5.41) is 14.7. The minimum Gasteiger partial charge on any atom is -0.444 e. The van der Waals surface area contributed by atoms with Crippen molar-refractivity contribution in [1.82, 2.24) is 25.0 Å². The minimum atomic E-state index is -4.35. The molecule has 0 aromatic heterocycles. The fourth-order valence-corrected chi connectivity index (χ4v) is 6.64. The average molecular weight is 593 g/mol. The molecule has 4 amide bonds. The summed E-state index contributed by atoms with van der Waals surface area (Å²) in [6.07, 6.45) is 8.19. The predicted octanol–water partition coefficient (Wildman–Crippen LogP) is 1.27. The molecule has 3 fully saturated rings. The zero-order chi connectivity index (χ0) is 30.1. The van der Waals surface area contributed by atoms with Crippen LogP contribution in [0.3, 0.4) is 0 Å². The first-order valence-electron chi connectivity index (χ1n) is 14.3. The zero-order valence-electron chi connectivity index (χ0n) is 23.8. The van der Waals surface area contributed by atoms with Gasteiger partial charge in [0.1, 0.15) is 28.8 Å². The number of nitrogens with one attached hydrogen (secondary N) is 4. The van der Waals surface area contributed by atoms with Crippen LogP contribution in [0.4, 0.5) is 4.79 Å². The molecule has 2 heterocycles. The molecule has 0 aromatic carbocycles. The van der Waals surface area contributed by atoms with Crippen molar-refractivity contribution in [2.45, 2.75) is 114 Å². The molecule has 0 bridgehead atoms. The van der Waals surface area contributed by atoms with Crippen LogP contribution < -0.4 is 20.1 Å². The maximum Gasteiger partial charge on any atom is 0.408 e. The molecule has 4 atom stereocenters. The van der Waals surface area contributed by atoms with Crippen LogP contribution in [0.25, 0.3) is 0 Å². The Labute approximate surface area is 241 Å². The highest BCUT2D eigenvalue weighted by molar-refractivity contribution is 7.88. The number of fused-ring (bicyclic) bond motifs is 2. The Morgan fingerprint density at radius 2 is 1.88 bits per heavy atom. The number of hydrogen-bond donors (Lipinski definition) is 4.